The van der Waals surface area contributed by atoms with Crippen LogP contribution in [0.5, 0.6) is 0 Å². The van der Waals surface area contributed by atoms with E-state index in [9.17, 15) is 13.6 Å². The minimum Gasteiger partial charge on any atom is -0.478 e. The van der Waals surface area contributed by atoms with Crippen LogP contribution in [-0.4, -0.2) is 11.1 Å². The zero-order valence-electron chi connectivity index (χ0n) is 9.81. The van der Waals surface area contributed by atoms with Crippen molar-refractivity contribution in [1.29, 1.82) is 0 Å². The maximum absolute atomic E-state index is 13.7. The van der Waals surface area contributed by atoms with Gasteiger partial charge in [-0.15, -0.1) is 0 Å². The summed E-state index contributed by atoms with van der Waals surface area (Å²) in [6.45, 7) is 0. The van der Waals surface area contributed by atoms with Crippen LogP contribution in [0.1, 0.15) is 5.56 Å². The molecule has 0 aromatic heterocycles. The van der Waals surface area contributed by atoms with Gasteiger partial charge < -0.3 is 5.11 Å². The van der Waals surface area contributed by atoms with Crippen LogP contribution in [0.4, 0.5) is 8.78 Å². The highest BCUT2D eigenvalue weighted by Gasteiger charge is 2.08. The van der Waals surface area contributed by atoms with Gasteiger partial charge in [-0.1, -0.05) is 24.3 Å². The van der Waals surface area contributed by atoms with Gasteiger partial charge in [-0.3, -0.25) is 0 Å². The summed E-state index contributed by atoms with van der Waals surface area (Å²) < 4.78 is 26.6. The van der Waals surface area contributed by atoms with E-state index in [0.717, 1.165) is 6.08 Å². The molecule has 0 bridgehead atoms. The number of carboxylic acids is 1. The Morgan fingerprint density at radius 1 is 1.05 bits per heavy atom. The van der Waals surface area contributed by atoms with E-state index in [4.69, 9.17) is 5.11 Å². The monoisotopic (exact) mass is 260 g/mol. The van der Waals surface area contributed by atoms with Gasteiger partial charge in [0.1, 0.15) is 11.6 Å². The van der Waals surface area contributed by atoms with Gasteiger partial charge in [-0.2, -0.15) is 0 Å². The van der Waals surface area contributed by atoms with Crippen molar-refractivity contribution in [2.24, 2.45) is 0 Å². The Kier molecular flexibility index (Phi) is 3.71. The maximum Gasteiger partial charge on any atom is 0.328 e. The number of carbonyl (C=O) groups is 1. The van der Waals surface area contributed by atoms with Crippen LogP contribution in [0.25, 0.3) is 17.2 Å². The molecule has 0 radical (unpaired) electrons. The molecule has 1 N–H and O–H groups in total. The standard InChI is InChI=1S/C15H10F2O2/c16-11-6-4-10(5-7-11)12-2-1-3-14(17)13(12)8-9-15(18)19/h1-9H,(H,18,19)/b9-8+. The first kappa shape index (κ1) is 13.0. The molecular weight excluding hydrogens is 250 g/mol. The lowest BCUT2D eigenvalue weighted by Gasteiger charge is -2.07. The van der Waals surface area contributed by atoms with Crippen molar-refractivity contribution in [2.75, 3.05) is 0 Å². The van der Waals surface area contributed by atoms with Crippen molar-refractivity contribution in [3.63, 3.8) is 0 Å². The predicted octanol–water partition coefficient (Wildman–Crippen LogP) is 3.73. The van der Waals surface area contributed by atoms with Crippen molar-refractivity contribution in [2.45, 2.75) is 0 Å². The molecule has 0 saturated carbocycles. The highest BCUT2D eigenvalue weighted by atomic mass is 19.1. The molecular formula is C15H10F2O2. The molecule has 2 rings (SSSR count). The summed E-state index contributed by atoms with van der Waals surface area (Å²) in [4.78, 5) is 10.5. The summed E-state index contributed by atoms with van der Waals surface area (Å²) in [7, 11) is 0. The number of halogens is 2. The fraction of sp³-hybridized carbons (Fsp3) is 0. The third-order valence-electron chi connectivity index (χ3n) is 2.60. The largest absolute Gasteiger partial charge is 0.478 e. The second-order valence-corrected chi connectivity index (χ2v) is 3.88. The van der Waals surface area contributed by atoms with Crippen LogP contribution in [0.15, 0.2) is 48.5 Å². The van der Waals surface area contributed by atoms with Gasteiger partial charge in [0.05, 0.1) is 0 Å². The summed E-state index contributed by atoms with van der Waals surface area (Å²) >= 11 is 0. The van der Waals surface area contributed by atoms with Crippen LogP contribution >= 0.6 is 0 Å². The van der Waals surface area contributed by atoms with E-state index in [1.165, 1.54) is 42.5 Å². The Morgan fingerprint density at radius 2 is 1.74 bits per heavy atom. The van der Waals surface area contributed by atoms with Crippen LogP contribution in [0.2, 0.25) is 0 Å². The average molecular weight is 260 g/mol. The Labute approximate surface area is 108 Å². The number of rotatable bonds is 3. The van der Waals surface area contributed by atoms with Gasteiger partial charge in [-0.25, -0.2) is 13.6 Å². The molecule has 0 unspecified atom stereocenters. The molecule has 0 aliphatic rings. The quantitative estimate of drug-likeness (QED) is 0.854. The highest BCUT2D eigenvalue weighted by molar-refractivity contribution is 5.88. The molecule has 0 aliphatic carbocycles. The minimum absolute atomic E-state index is 0.163. The Balaban J connectivity index is 2.54. The number of hydrogen-bond acceptors (Lipinski definition) is 1. The van der Waals surface area contributed by atoms with Gasteiger partial charge in [0.25, 0.3) is 0 Å². The summed E-state index contributed by atoms with van der Waals surface area (Å²) in [5.74, 6) is -2.07. The van der Waals surface area contributed by atoms with Crippen molar-refractivity contribution >= 4 is 12.0 Å². The lowest BCUT2D eigenvalue weighted by Crippen LogP contribution is -1.91. The van der Waals surface area contributed by atoms with Gasteiger partial charge in [0.2, 0.25) is 0 Å². The second kappa shape index (κ2) is 5.44. The molecule has 0 heterocycles. The van der Waals surface area contributed by atoms with Crippen molar-refractivity contribution in [3.05, 3.63) is 65.7 Å². The van der Waals surface area contributed by atoms with E-state index >= 15 is 0 Å². The molecule has 0 aliphatic heterocycles. The summed E-state index contributed by atoms with van der Waals surface area (Å²) in [5, 5.41) is 8.60. The SMILES string of the molecule is O=C(O)/C=C/c1c(F)cccc1-c1ccc(F)cc1. The molecule has 4 heteroatoms. The fourth-order valence-corrected chi connectivity index (χ4v) is 1.74. The van der Waals surface area contributed by atoms with E-state index < -0.39 is 11.8 Å². The van der Waals surface area contributed by atoms with Crippen LogP contribution < -0.4 is 0 Å². The number of hydrogen-bond donors (Lipinski definition) is 1. The lowest BCUT2D eigenvalue weighted by molar-refractivity contribution is -0.131. The first-order chi connectivity index (χ1) is 9.08. The summed E-state index contributed by atoms with van der Waals surface area (Å²) in [6, 6.07) is 9.98. The van der Waals surface area contributed by atoms with Crippen LogP contribution in [0, 0.1) is 11.6 Å². The Bertz CT molecular complexity index is 631. The minimum atomic E-state index is -1.16. The van der Waals surface area contributed by atoms with Crippen molar-refractivity contribution < 1.29 is 18.7 Å². The molecule has 19 heavy (non-hydrogen) atoms. The van der Waals surface area contributed by atoms with E-state index in [1.807, 2.05) is 0 Å². The van der Waals surface area contributed by atoms with E-state index in [2.05, 4.69) is 0 Å². The number of aliphatic carboxylic acids is 1. The normalized spacial score (nSPS) is 10.8. The molecule has 0 atom stereocenters. The van der Waals surface area contributed by atoms with Gasteiger partial charge in [0, 0.05) is 11.6 Å². The van der Waals surface area contributed by atoms with Crippen molar-refractivity contribution in [1.82, 2.24) is 0 Å². The molecule has 2 aromatic rings. The third-order valence-corrected chi connectivity index (χ3v) is 2.60. The van der Waals surface area contributed by atoms with Crippen LogP contribution in [0.3, 0.4) is 0 Å². The van der Waals surface area contributed by atoms with E-state index in [-0.39, 0.29) is 11.4 Å². The first-order valence-electron chi connectivity index (χ1n) is 5.53. The highest BCUT2D eigenvalue weighted by Crippen LogP contribution is 2.27. The molecule has 0 spiro atoms. The topological polar surface area (TPSA) is 37.3 Å². The van der Waals surface area contributed by atoms with Gasteiger partial charge in [-0.05, 0) is 35.4 Å². The second-order valence-electron chi connectivity index (χ2n) is 3.88. The zero-order chi connectivity index (χ0) is 13.8. The molecule has 0 amide bonds. The third kappa shape index (κ3) is 3.04. The fourth-order valence-electron chi connectivity index (χ4n) is 1.74. The lowest BCUT2D eigenvalue weighted by atomic mass is 9.99. The van der Waals surface area contributed by atoms with Gasteiger partial charge in [0.15, 0.2) is 0 Å². The Hall–Kier alpha value is -2.49. The van der Waals surface area contributed by atoms with E-state index in [1.54, 1.807) is 6.07 Å². The zero-order valence-corrected chi connectivity index (χ0v) is 9.81. The first-order valence-corrected chi connectivity index (χ1v) is 5.53. The smallest absolute Gasteiger partial charge is 0.328 e. The molecule has 0 fully saturated rings. The molecule has 2 aromatic carbocycles. The number of carboxylic acid groups (broad SMARTS) is 1. The maximum atomic E-state index is 13.7. The van der Waals surface area contributed by atoms with Crippen molar-refractivity contribution in [3.8, 4) is 11.1 Å². The number of benzene rings is 2. The van der Waals surface area contributed by atoms with Crippen LogP contribution in [-0.2, 0) is 4.79 Å². The molecule has 96 valence electrons. The Morgan fingerprint density at radius 3 is 2.37 bits per heavy atom. The van der Waals surface area contributed by atoms with E-state index in [0.29, 0.717) is 11.1 Å². The summed E-state index contributed by atoms with van der Waals surface area (Å²) in [5.41, 5.74) is 1.29. The average Bonchev–Trinajstić information content (AvgIpc) is 2.38. The molecule has 2 nitrogen and oxygen atoms in total. The predicted molar refractivity (Wildman–Crippen MR) is 68.5 cm³/mol. The summed E-state index contributed by atoms with van der Waals surface area (Å²) in [6.07, 6.45) is 2.06. The molecule has 0 saturated heterocycles. The van der Waals surface area contributed by atoms with Gasteiger partial charge >= 0.3 is 5.97 Å².